The van der Waals surface area contributed by atoms with Crippen LogP contribution in [0.25, 0.3) is 0 Å². The Balaban J connectivity index is 2.03. The third kappa shape index (κ3) is 2.98. The van der Waals surface area contributed by atoms with E-state index in [1.807, 2.05) is 11.9 Å². The molecule has 0 bridgehead atoms. The number of hydrogen-bond acceptors (Lipinski definition) is 3. The van der Waals surface area contributed by atoms with Gasteiger partial charge >= 0.3 is 0 Å². The largest absolute Gasteiger partial charge is 0.381 e. The molecule has 112 valence electrons. The molecular formula is C16H26N2O2. The first-order valence-corrected chi connectivity index (χ1v) is 7.66. The molecule has 1 saturated heterocycles. The molecular weight excluding hydrogens is 252 g/mol. The molecule has 4 heteroatoms. The zero-order valence-corrected chi connectivity index (χ0v) is 12.9. The molecule has 2 aliphatic rings. The lowest BCUT2D eigenvalue weighted by Gasteiger charge is -2.41. The third-order valence-corrected chi connectivity index (χ3v) is 5.15. The highest BCUT2D eigenvalue weighted by Gasteiger charge is 2.44. The molecule has 0 spiro atoms. The Hall–Kier alpha value is -1.08. The number of nitriles is 1. The highest BCUT2D eigenvalue weighted by Crippen LogP contribution is 2.39. The molecule has 1 amide bonds. The second-order valence-electron chi connectivity index (χ2n) is 7.12. The summed E-state index contributed by atoms with van der Waals surface area (Å²) in [5.41, 5.74) is -0.452. The van der Waals surface area contributed by atoms with Crippen molar-refractivity contribution in [3.63, 3.8) is 0 Å². The summed E-state index contributed by atoms with van der Waals surface area (Å²) < 4.78 is 5.31. The Bertz CT molecular complexity index is 395. The molecule has 0 aromatic rings. The fraction of sp³-hybridized carbons (Fsp3) is 0.875. The second-order valence-corrected chi connectivity index (χ2v) is 7.12. The van der Waals surface area contributed by atoms with Gasteiger partial charge in [0.15, 0.2) is 0 Å². The molecule has 1 aliphatic heterocycles. The molecule has 1 saturated carbocycles. The van der Waals surface area contributed by atoms with Gasteiger partial charge in [-0.1, -0.05) is 13.8 Å². The van der Waals surface area contributed by atoms with Gasteiger partial charge < -0.3 is 9.64 Å². The average Bonchev–Trinajstić information content (AvgIpc) is 2.46. The maximum atomic E-state index is 12.8. The number of amides is 1. The van der Waals surface area contributed by atoms with Crippen LogP contribution in [0.2, 0.25) is 0 Å². The summed E-state index contributed by atoms with van der Waals surface area (Å²) >= 11 is 0. The summed E-state index contributed by atoms with van der Waals surface area (Å²) in [5, 5.41) is 9.49. The van der Waals surface area contributed by atoms with Crippen LogP contribution in [0.4, 0.5) is 0 Å². The van der Waals surface area contributed by atoms with Crippen LogP contribution in [0, 0.1) is 22.2 Å². The minimum atomic E-state index is -0.847. The van der Waals surface area contributed by atoms with Crippen LogP contribution in [0.5, 0.6) is 0 Å². The summed E-state index contributed by atoms with van der Waals surface area (Å²) in [4.78, 5) is 14.6. The smallest absolute Gasteiger partial charge is 0.243 e. The number of rotatable bonds is 2. The predicted molar refractivity (Wildman–Crippen MR) is 76.9 cm³/mol. The van der Waals surface area contributed by atoms with Crippen molar-refractivity contribution in [1.82, 2.24) is 4.90 Å². The van der Waals surface area contributed by atoms with Gasteiger partial charge in [-0.05, 0) is 43.9 Å². The van der Waals surface area contributed by atoms with Gasteiger partial charge in [-0.2, -0.15) is 5.26 Å². The number of hydrogen-bond donors (Lipinski definition) is 0. The van der Waals surface area contributed by atoms with Crippen molar-refractivity contribution >= 4 is 5.91 Å². The monoisotopic (exact) mass is 278 g/mol. The fourth-order valence-electron chi connectivity index (χ4n) is 3.37. The van der Waals surface area contributed by atoms with E-state index in [4.69, 9.17) is 4.74 Å². The lowest BCUT2D eigenvalue weighted by Crippen LogP contribution is -2.49. The van der Waals surface area contributed by atoms with Gasteiger partial charge in [0.05, 0.1) is 6.07 Å². The van der Waals surface area contributed by atoms with Crippen LogP contribution in [-0.4, -0.2) is 37.1 Å². The fourth-order valence-corrected chi connectivity index (χ4v) is 3.37. The van der Waals surface area contributed by atoms with Crippen LogP contribution in [0.15, 0.2) is 0 Å². The average molecular weight is 278 g/mol. The van der Waals surface area contributed by atoms with Crippen LogP contribution in [-0.2, 0) is 9.53 Å². The van der Waals surface area contributed by atoms with Crippen LogP contribution < -0.4 is 0 Å². The van der Waals surface area contributed by atoms with E-state index >= 15 is 0 Å². The van der Waals surface area contributed by atoms with E-state index in [9.17, 15) is 10.1 Å². The third-order valence-electron chi connectivity index (χ3n) is 5.15. The molecule has 0 aromatic carbocycles. The molecule has 0 N–H and O–H groups in total. The van der Waals surface area contributed by atoms with Gasteiger partial charge in [0, 0.05) is 26.3 Å². The topological polar surface area (TPSA) is 53.3 Å². The Labute approximate surface area is 122 Å². The normalized spacial score (nSPS) is 25.7. The van der Waals surface area contributed by atoms with Crippen LogP contribution >= 0.6 is 0 Å². The van der Waals surface area contributed by atoms with Gasteiger partial charge in [-0.15, -0.1) is 0 Å². The molecule has 0 radical (unpaired) electrons. The number of carbonyl (C=O) groups excluding carboxylic acids is 1. The highest BCUT2D eigenvalue weighted by atomic mass is 16.5. The number of carbonyl (C=O) groups is 1. The van der Waals surface area contributed by atoms with Crippen molar-refractivity contribution in [2.45, 2.75) is 58.4 Å². The molecule has 20 heavy (non-hydrogen) atoms. The minimum absolute atomic E-state index is 0.00741. The van der Waals surface area contributed by atoms with Crippen molar-refractivity contribution in [3.05, 3.63) is 0 Å². The first kappa shape index (κ1) is 15.3. The van der Waals surface area contributed by atoms with E-state index in [1.54, 1.807) is 0 Å². The Morgan fingerprint density at radius 1 is 1.20 bits per heavy atom. The molecule has 1 aliphatic carbocycles. The minimum Gasteiger partial charge on any atom is -0.381 e. The molecule has 1 heterocycles. The van der Waals surface area contributed by atoms with Crippen molar-refractivity contribution in [1.29, 1.82) is 5.26 Å². The number of ether oxygens (including phenoxy) is 1. The van der Waals surface area contributed by atoms with Crippen LogP contribution in [0.1, 0.15) is 52.4 Å². The van der Waals surface area contributed by atoms with E-state index in [0.717, 1.165) is 25.7 Å². The van der Waals surface area contributed by atoms with Gasteiger partial charge in [-0.25, -0.2) is 0 Å². The van der Waals surface area contributed by atoms with E-state index < -0.39 is 5.41 Å². The van der Waals surface area contributed by atoms with E-state index in [1.165, 1.54) is 0 Å². The zero-order chi connectivity index (χ0) is 14.8. The quantitative estimate of drug-likeness (QED) is 0.780. The lowest BCUT2D eigenvalue weighted by molar-refractivity contribution is -0.145. The van der Waals surface area contributed by atoms with E-state index in [2.05, 4.69) is 19.9 Å². The van der Waals surface area contributed by atoms with E-state index in [-0.39, 0.29) is 5.91 Å². The Kier molecular flexibility index (Phi) is 4.39. The summed E-state index contributed by atoms with van der Waals surface area (Å²) in [6.07, 6.45) is 5.46. The Morgan fingerprint density at radius 3 is 2.25 bits per heavy atom. The van der Waals surface area contributed by atoms with Crippen molar-refractivity contribution in [2.75, 3.05) is 20.3 Å². The molecule has 0 aromatic heterocycles. The molecule has 4 nitrogen and oxygen atoms in total. The predicted octanol–water partition coefficient (Wildman–Crippen LogP) is 2.73. The van der Waals surface area contributed by atoms with Gasteiger partial charge in [-0.3, -0.25) is 4.79 Å². The van der Waals surface area contributed by atoms with Crippen molar-refractivity contribution in [3.8, 4) is 6.07 Å². The highest BCUT2D eigenvalue weighted by molar-refractivity contribution is 5.85. The Morgan fingerprint density at radius 2 is 1.75 bits per heavy atom. The first-order valence-electron chi connectivity index (χ1n) is 7.66. The standard InChI is InChI=1S/C16H26N2O2/c1-15(2)6-4-13(5-7-15)18(3)14(19)16(12-17)8-10-20-11-9-16/h13H,4-11H2,1-3H3. The lowest BCUT2D eigenvalue weighted by atomic mass is 9.74. The summed E-state index contributed by atoms with van der Waals surface area (Å²) in [6, 6.07) is 2.58. The van der Waals surface area contributed by atoms with Gasteiger partial charge in [0.25, 0.3) is 0 Å². The maximum Gasteiger partial charge on any atom is 0.243 e. The molecule has 2 fully saturated rings. The molecule has 0 unspecified atom stereocenters. The summed E-state index contributed by atoms with van der Waals surface area (Å²) in [6.45, 7) is 5.62. The summed E-state index contributed by atoms with van der Waals surface area (Å²) in [5.74, 6) is 0.00741. The number of nitrogens with zero attached hydrogens (tertiary/aromatic N) is 2. The maximum absolute atomic E-state index is 12.8. The van der Waals surface area contributed by atoms with Crippen molar-refractivity contribution in [2.24, 2.45) is 10.8 Å². The van der Waals surface area contributed by atoms with E-state index in [0.29, 0.717) is 37.5 Å². The molecule has 2 rings (SSSR count). The molecule has 0 atom stereocenters. The first-order chi connectivity index (χ1) is 9.40. The van der Waals surface area contributed by atoms with Gasteiger partial charge in [0.2, 0.25) is 5.91 Å². The van der Waals surface area contributed by atoms with Crippen molar-refractivity contribution < 1.29 is 9.53 Å². The summed E-state index contributed by atoms with van der Waals surface area (Å²) in [7, 11) is 1.87. The second kappa shape index (κ2) is 5.73. The zero-order valence-electron chi connectivity index (χ0n) is 12.9. The SMILES string of the molecule is CN(C(=O)C1(C#N)CCOCC1)C1CCC(C)(C)CC1. The van der Waals surface area contributed by atoms with Gasteiger partial charge in [0.1, 0.15) is 5.41 Å². The van der Waals surface area contributed by atoms with Crippen LogP contribution in [0.3, 0.4) is 0 Å².